The predicted octanol–water partition coefficient (Wildman–Crippen LogP) is 1.93. The fraction of sp³-hybridized carbons (Fsp3) is 0.182. The second-order valence-electron chi connectivity index (χ2n) is 4.01. The molecule has 2 aromatic heterocycles. The van der Waals surface area contributed by atoms with Crippen molar-refractivity contribution in [3.63, 3.8) is 0 Å². The summed E-state index contributed by atoms with van der Waals surface area (Å²) in [7, 11) is -3.87. The van der Waals surface area contributed by atoms with Crippen LogP contribution in [0.3, 0.4) is 0 Å². The van der Waals surface area contributed by atoms with Crippen LogP contribution in [0.1, 0.15) is 28.5 Å². The predicted molar refractivity (Wildman–Crippen MR) is 77.1 cm³/mol. The number of nitrogens with zero attached hydrogens (tertiary/aromatic N) is 2. The van der Waals surface area contributed by atoms with Gasteiger partial charge in [-0.15, -0.1) is 11.3 Å². The Morgan fingerprint density at radius 1 is 1.52 bits per heavy atom. The van der Waals surface area contributed by atoms with E-state index in [1.807, 2.05) is 0 Å². The maximum Gasteiger partial charge on any atom is 0.355 e. The van der Waals surface area contributed by atoms with Crippen molar-refractivity contribution in [1.82, 2.24) is 14.7 Å². The van der Waals surface area contributed by atoms with Crippen molar-refractivity contribution in [2.45, 2.75) is 17.9 Å². The molecule has 0 aliphatic rings. The van der Waals surface area contributed by atoms with Crippen LogP contribution in [0.15, 0.2) is 28.6 Å². The molecule has 0 amide bonds. The lowest BCUT2D eigenvalue weighted by atomic mass is 10.4. The van der Waals surface area contributed by atoms with Gasteiger partial charge in [0.05, 0.1) is 6.04 Å². The van der Waals surface area contributed by atoms with Crippen molar-refractivity contribution in [3.8, 4) is 0 Å². The van der Waals surface area contributed by atoms with Crippen LogP contribution < -0.4 is 4.72 Å². The van der Waals surface area contributed by atoms with E-state index < -0.39 is 22.0 Å². The van der Waals surface area contributed by atoms with Crippen LogP contribution in [-0.2, 0) is 10.0 Å². The number of rotatable bonds is 5. The van der Waals surface area contributed by atoms with Crippen LogP contribution in [0.4, 0.5) is 0 Å². The summed E-state index contributed by atoms with van der Waals surface area (Å²) in [6.07, 6.45) is 1.38. The number of sulfonamides is 1. The molecule has 112 valence electrons. The summed E-state index contributed by atoms with van der Waals surface area (Å²) in [5, 5.41) is 10.4. The van der Waals surface area contributed by atoms with Gasteiger partial charge in [-0.1, -0.05) is 11.6 Å². The second-order valence-corrected chi connectivity index (χ2v) is 6.94. The third-order valence-electron chi connectivity index (χ3n) is 2.46. The highest BCUT2D eigenvalue weighted by molar-refractivity contribution is 7.89. The van der Waals surface area contributed by atoms with Gasteiger partial charge in [0.1, 0.15) is 15.1 Å². The average molecular weight is 348 g/mol. The average Bonchev–Trinajstić information content (AvgIpc) is 2.88. The van der Waals surface area contributed by atoms with E-state index in [1.54, 1.807) is 6.92 Å². The lowest BCUT2D eigenvalue weighted by Crippen LogP contribution is -2.27. The highest BCUT2D eigenvalue weighted by Gasteiger charge is 2.23. The highest BCUT2D eigenvalue weighted by atomic mass is 35.5. The van der Waals surface area contributed by atoms with Crippen molar-refractivity contribution >= 4 is 38.9 Å². The van der Waals surface area contributed by atoms with E-state index in [4.69, 9.17) is 16.7 Å². The van der Waals surface area contributed by atoms with E-state index in [1.165, 1.54) is 23.7 Å². The molecule has 7 nitrogen and oxygen atoms in total. The Kier molecular flexibility index (Phi) is 4.57. The van der Waals surface area contributed by atoms with Crippen LogP contribution in [0.5, 0.6) is 0 Å². The molecule has 2 heterocycles. The third kappa shape index (κ3) is 3.56. The molecule has 0 saturated heterocycles. The molecule has 10 heteroatoms. The fourth-order valence-corrected chi connectivity index (χ4v) is 4.04. The number of aromatic nitrogens is 2. The number of carboxylic acid groups (broad SMARTS) is 1. The lowest BCUT2D eigenvalue weighted by molar-refractivity contribution is 0.0691. The number of aromatic carboxylic acids is 1. The number of halogens is 1. The molecule has 0 aliphatic heterocycles. The molecule has 0 radical (unpaired) electrons. The molecule has 0 aromatic carbocycles. The molecule has 0 fully saturated rings. The number of nitrogens with one attached hydrogen (secondary N) is 1. The van der Waals surface area contributed by atoms with Crippen LogP contribution in [0.25, 0.3) is 0 Å². The fourth-order valence-electron chi connectivity index (χ4n) is 1.50. The summed E-state index contributed by atoms with van der Waals surface area (Å²) >= 11 is 6.82. The number of thiazole rings is 1. The van der Waals surface area contributed by atoms with E-state index in [0.29, 0.717) is 5.01 Å². The minimum Gasteiger partial charge on any atom is -0.476 e. The minimum atomic E-state index is -3.87. The van der Waals surface area contributed by atoms with Crippen LogP contribution in [-0.4, -0.2) is 29.5 Å². The van der Waals surface area contributed by atoms with Crippen molar-refractivity contribution in [1.29, 1.82) is 0 Å². The van der Waals surface area contributed by atoms with E-state index in [-0.39, 0.29) is 15.7 Å². The maximum atomic E-state index is 12.2. The van der Waals surface area contributed by atoms with Crippen molar-refractivity contribution in [3.05, 3.63) is 39.6 Å². The van der Waals surface area contributed by atoms with Gasteiger partial charge in [-0.05, 0) is 19.1 Å². The first-order valence-corrected chi connectivity index (χ1v) is 8.37. The molecule has 0 saturated carbocycles. The molecule has 2 N–H and O–H groups in total. The largest absolute Gasteiger partial charge is 0.476 e. The Labute approximate surface area is 129 Å². The molecule has 1 unspecified atom stereocenters. The first-order chi connectivity index (χ1) is 9.81. The van der Waals surface area contributed by atoms with Gasteiger partial charge in [-0.25, -0.2) is 27.9 Å². The van der Waals surface area contributed by atoms with E-state index >= 15 is 0 Å². The number of hydrogen-bond donors (Lipinski definition) is 2. The summed E-state index contributed by atoms with van der Waals surface area (Å²) < 4.78 is 26.8. The van der Waals surface area contributed by atoms with Gasteiger partial charge in [0.25, 0.3) is 0 Å². The van der Waals surface area contributed by atoms with Gasteiger partial charge in [0.15, 0.2) is 5.69 Å². The lowest BCUT2D eigenvalue weighted by Gasteiger charge is -2.12. The zero-order valence-electron chi connectivity index (χ0n) is 10.6. The Bertz CT molecular complexity index is 775. The SMILES string of the molecule is CC(NS(=O)(=O)c1cccnc1Cl)c1nc(C(=O)O)cs1. The smallest absolute Gasteiger partial charge is 0.355 e. The summed E-state index contributed by atoms with van der Waals surface area (Å²) in [5.41, 5.74) is -0.125. The van der Waals surface area contributed by atoms with Crippen LogP contribution in [0.2, 0.25) is 5.15 Å². The summed E-state index contributed by atoms with van der Waals surface area (Å²) in [6, 6.07) is 2.09. The number of carbonyl (C=O) groups is 1. The minimum absolute atomic E-state index is 0.125. The molecule has 0 bridgehead atoms. The Morgan fingerprint density at radius 2 is 2.24 bits per heavy atom. The Balaban J connectivity index is 2.24. The molecule has 0 aliphatic carbocycles. The number of hydrogen-bond acceptors (Lipinski definition) is 6. The monoisotopic (exact) mass is 347 g/mol. The van der Waals surface area contributed by atoms with Crippen molar-refractivity contribution in [2.24, 2.45) is 0 Å². The first-order valence-electron chi connectivity index (χ1n) is 5.63. The highest BCUT2D eigenvalue weighted by Crippen LogP contribution is 2.23. The summed E-state index contributed by atoms with van der Waals surface area (Å²) in [6.45, 7) is 1.56. The van der Waals surface area contributed by atoms with Gasteiger partial charge in [0.2, 0.25) is 10.0 Å². The molecule has 2 aromatic rings. The standard InChI is InChI=1S/C11H10ClN3O4S2/c1-6(10-14-7(5-20-10)11(16)17)15-21(18,19)8-3-2-4-13-9(8)12/h2-6,15H,1H3,(H,16,17). The van der Waals surface area contributed by atoms with Gasteiger partial charge in [-0.3, -0.25) is 0 Å². The quantitative estimate of drug-likeness (QED) is 0.800. The number of pyridine rings is 1. The molecular formula is C11H10ClN3O4S2. The van der Waals surface area contributed by atoms with E-state index in [0.717, 1.165) is 11.3 Å². The Morgan fingerprint density at radius 3 is 2.81 bits per heavy atom. The van der Waals surface area contributed by atoms with Gasteiger partial charge in [0, 0.05) is 11.6 Å². The normalized spacial score (nSPS) is 13.0. The van der Waals surface area contributed by atoms with Crippen LogP contribution in [0, 0.1) is 0 Å². The Hall–Kier alpha value is -1.55. The zero-order chi connectivity index (χ0) is 15.6. The van der Waals surface area contributed by atoms with Crippen LogP contribution >= 0.6 is 22.9 Å². The molecule has 1 atom stereocenters. The second kappa shape index (κ2) is 6.06. The van der Waals surface area contributed by atoms with Gasteiger partial charge >= 0.3 is 5.97 Å². The molecule has 0 spiro atoms. The molecule has 2 rings (SSSR count). The molecule has 21 heavy (non-hydrogen) atoms. The van der Waals surface area contributed by atoms with E-state index in [2.05, 4.69) is 14.7 Å². The summed E-state index contributed by atoms with van der Waals surface area (Å²) in [4.78, 5) is 18.2. The molecular weight excluding hydrogens is 338 g/mol. The maximum absolute atomic E-state index is 12.2. The summed E-state index contributed by atoms with van der Waals surface area (Å²) in [5.74, 6) is -1.16. The number of carboxylic acids is 1. The van der Waals surface area contributed by atoms with E-state index in [9.17, 15) is 13.2 Å². The van der Waals surface area contributed by atoms with Crippen molar-refractivity contribution < 1.29 is 18.3 Å². The third-order valence-corrected chi connectivity index (χ3v) is 5.47. The van der Waals surface area contributed by atoms with Gasteiger partial charge < -0.3 is 5.11 Å². The topological polar surface area (TPSA) is 109 Å². The van der Waals surface area contributed by atoms with Crippen molar-refractivity contribution in [2.75, 3.05) is 0 Å². The zero-order valence-corrected chi connectivity index (χ0v) is 13.0. The first kappa shape index (κ1) is 15.8. The van der Waals surface area contributed by atoms with Gasteiger partial charge in [-0.2, -0.15) is 0 Å².